The van der Waals surface area contributed by atoms with Gasteiger partial charge in [-0.05, 0) is 13.8 Å². The molecule has 0 amide bonds. The molecule has 2 N–H and O–H groups in total. The molecular weight excluding hydrogens is 268 g/mol. The molecule has 0 spiro atoms. The zero-order chi connectivity index (χ0) is 15.1. The molecule has 0 saturated carbocycles. The van der Waals surface area contributed by atoms with Crippen LogP contribution in [0.3, 0.4) is 0 Å². The fraction of sp³-hybridized carbons (Fsp3) is 0.118. The highest BCUT2D eigenvalue weighted by atomic mass is 16.3. The summed E-state index contributed by atoms with van der Waals surface area (Å²) >= 11 is 0. The average molecular weight is 282 g/mol. The number of rotatable bonds is 1. The Morgan fingerprint density at radius 1 is 0.952 bits per heavy atom. The topological polar surface area (TPSA) is 70.7 Å². The largest absolute Gasteiger partial charge is 0.507 e. The van der Waals surface area contributed by atoms with Gasteiger partial charge in [0.1, 0.15) is 28.2 Å². The number of phenolic OH excluding ortho intramolecular Hbond substituents is 2. The number of hydrogen-bond donors (Lipinski definition) is 2. The Balaban J connectivity index is 2.43. The van der Waals surface area contributed by atoms with Crippen molar-refractivity contribution in [1.82, 2.24) is 0 Å². The van der Waals surface area contributed by atoms with Gasteiger partial charge in [-0.2, -0.15) is 0 Å². The number of hydrogen-bond acceptors (Lipinski definition) is 4. The molecule has 106 valence electrons. The second-order valence-electron chi connectivity index (χ2n) is 4.99. The number of phenols is 2. The molecule has 3 aromatic rings. The average Bonchev–Trinajstić information content (AvgIpc) is 2.51. The maximum atomic E-state index is 12.3. The van der Waals surface area contributed by atoms with Crippen molar-refractivity contribution in [2.24, 2.45) is 0 Å². The second kappa shape index (κ2) is 4.66. The highest BCUT2D eigenvalue weighted by molar-refractivity contribution is 5.90. The van der Waals surface area contributed by atoms with Crippen molar-refractivity contribution >= 4 is 11.0 Å². The summed E-state index contributed by atoms with van der Waals surface area (Å²) in [4.78, 5) is 12.3. The van der Waals surface area contributed by atoms with Crippen molar-refractivity contribution in [3.8, 4) is 22.8 Å². The van der Waals surface area contributed by atoms with Crippen LogP contribution in [0, 0.1) is 13.8 Å². The van der Waals surface area contributed by atoms with E-state index < -0.39 is 0 Å². The van der Waals surface area contributed by atoms with E-state index in [0.717, 1.165) is 5.56 Å². The second-order valence-corrected chi connectivity index (χ2v) is 4.99. The first-order valence-corrected chi connectivity index (χ1v) is 6.55. The predicted octanol–water partition coefficient (Wildman–Crippen LogP) is 3.49. The van der Waals surface area contributed by atoms with Gasteiger partial charge in [-0.1, -0.05) is 30.3 Å². The van der Waals surface area contributed by atoms with Gasteiger partial charge in [0.25, 0.3) is 0 Å². The van der Waals surface area contributed by atoms with Crippen molar-refractivity contribution < 1.29 is 14.6 Å². The lowest BCUT2D eigenvalue weighted by Crippen LogP contribution is -2.03. The van der Waals surface area contributed by atoms with Gasteiger partial charge in [-0.3, -0.25) is 4.79 Å². The SMILES string of the molecule is Cc1c(O)c(C)c2oc(-c3ccccc3)cc(=O)c2c1O. The third-order valence-corrected chi connectivity index (χ3v) is 3.65. The fourth-order valence-electron chi connectivity index (χ4n) is 2.41. The maximum absolute atomic E-state index is 12.3. The Morgan fingerprint density at radius 3 is 2.29 bits per heavy atom. The summed E-state index contributed by atoms with van der Waals surface area (Å²) in [6, 6.07) is 10.6. The Kier molecular flexibility index (Phi) is 2.94. The lowest BCUT2D eigenvalue weighted by molar-refractivity contribution is 0.442. The smallest absolute Gasteiger partial charge is 0.197 e. The third kappa shape index (κ3) is 1.96. The molecular formula is C17H14O4. The monoisotopic (exact) mass is 282 g/mol. The number of benzene rings is 2. The lowest BCUT2D eigenvalue weighted by Gasteiger charge is -2.11. The maximum Gasteiger partial charge on any atom is 0.197 e. The quantitative estimate of drug-likeness (QED) is 0.716. The predicted molar refractivity (Wildman–Crippen MR) is 80.7 cm³/mol. The van der Waals surface area contributed by atoms with E-state index in [9.17, 15) is 15.0 Å². The minimum atomic E-state index is -0.334. The van der Waals surface area contributed by atoms with E-state index in [2.05, 4.69) is 0 Å². The Morgan fingerprint density at radius 2 is 1.62 bits per heavy atom. The minimum absolute atomic E-state index is 0.0617. The van der Waals surface area contributed by atoms with E-state index >= 15 is 0 Å². The summed E-state index contributed by atoms with van der Waals surface area (Å²) in [5, 5.41) is 20.2. The van der Waals surface area contributed by atoms with Gasteiger partial charge in [-0.15, -0.1) is 0 Å². The van der Waals surface area contributed by atoms with E-state index in [0.29, 0.717) is 11.3 Å². The highest BCUT2D eigenvalue weighted by Crippen LogP contribution is 2.38. The van der Waals surface area contributed by atoms with Gasteiger partial charge in [0.2, 0.25) is 0 Å². The van der Waals surface area contributed by atoms with Gasteiger partial charge in [-0.25, -0.2) is 0 Å². The first-order valence-electron chi connectivity index (χ1n) is 6.55. The van der Waals surface area contributed by atoms with Crippen LogP contribution < -0.4 is 5.43 Å². The van der Waals surface area contributed by atoms with Crippen LogP contribution >= 0.6 is 0 Å². The van der Waals surface area contributed by atoms with E-state index in [1.54, 1.807) is 13.8 Å². The zero-order valence-corrected chi connectivity index (χ0v) is 11.7. The molecule has 4 nitrogen and oxygen atoms in total. The van der Waals surface area contributed by atoms with Crippen LogP contribution in [0.4, 0.5) is 0 Å². The first kappa shape index (κ1) is 13.2. The van der Waals surface area contributed by atoms with Crippen LogP contribution in [-0.4, -0.2) is 10.2 Å². The fourth-order valence-corrected chi connectivity index (χ4v) is 2.41. The van der Waals surface area contributed by atoms with Gasteiger partial charge in [0.05, 0.1) is 0 Å². The van der Waals surface area contributed by atoms with Crippen LogP contribution in [0.15, 0.2) is 45.6 Å². The molecule has 0 aliphatic heterocycles. The van der Waals surface area contributed by atoms with Crippen molar-refractivity contribution in [3.05, 3.63) is 57.7 Å². The minimum Gasteiger partial charge on any atom is -0.507 e. The molecule has 0 bridgehead atoms. The molecule has 1 aromatic heterocycles. The molecule has 4 heteroatoms. The van der Waals surface area contributed by atoms with Crippen LogP contribution in [-0.2, 0) is 0 Å². The summed E-state index contributed by atoms with van der Waals surface area (Å²) in [7, 11) is 0. The van der Waals surface area contributed by atoms with E-state index in [4.69, 9.17) is 4.42 Å². The Bertz CT molecular complexity index is 892. The molecule has 0 aliphatic carbocycles. The summed E-state index contributed by atoms with van der Waals surface area (Å²) in [6.45, 7) is 3.21. The summed E-state index contributed by atoms with van der Waals surface area (Å²) < 4.78 is 5.76. The first-order chi connectivity index (χ1) is 10.0. The van der Waals surface area contributed by atoms with Gasteiger partial charge in [0, 0.05) is 22.8 Å². The lowest BCUT2D eigenvalue weighted by atomic mass is 10.0. The summed E-state index contributed by atoms with van der Waals surface area (Å²) in [6.07, 6.45) is 0. The zero-order valence-electron chi connectivity index (χ0n) is 11.7. The van der Waals surface area contributed by atoms with Gasteiger partial charge >= 0.3 is 0 Å². The number of aromatic hydroxyl groups is 2. The van der Waals surface area contributed by atoms with Crippen molar-refractivity contribution in [2.45, 2.75) is 13.8 Å². The van der Waals surface area contributed by atoms with Crippen molar-refractivity contribution in [1.29, 1.82) is 0 Å². The van der Waals surface area contributed by atoms with Gasteiger partial charge < -0.3 is 14.6 Å². The van der Waals surface area contributed by atoms with Crippen LogP contribution in [0.1, 0.15) is 11.1 Å². The highest BCUT2D eigenvalue weighted by Gasteiger charge is 2.18. The molecule has 0 aliphatic rings. The molecule has 2 aromatic carbocycles. The molecule has 0 fully saturated rings. The molecule has 3 rings (SSSR count). The normalized spacial score (nSPS) is 11.0. The number of fused-ring (bicyclic) bond motifs is 1. The number of aryl methyl sites for hydroxylation is 1. The molecule has 0 radical (unpaired) electrons. The Hall–Kier alpha value is -2.75. The summed E-state index contributed by atoms with van der Waals surface area (Å²) in [5.41, 5.74) is 1.35. The molecule has 0 atom stereocenters. The Labute approximate surface area is 120 Å². The van der Waals surface area contributed by atoms with Crippen LogP contribution in [0.2, 0.25) is 0 Å². The van der Waals surface area contributed by atoms with E-state index in [-0.39, 0.29) is 33.5 Å². The van der Waals surface area contributed by atoms with E-state index in [1.807, 2.05) is 30.3 Å². The van der Waals surface area contributed by atoms with Gasteiger partial charge in [0.15, 0.2) is 5.43 Å². The molecule has 1 heterocycles. The van der Waals surface area contributed by atoms with Crippen LogP contribution in [0.5, 0.6) is 11.5 Å². The molecule has 21 heavy (non-hydrogen) atoms. The standard InChI is InChI=1S/C17H14O4/c1-9-15(19)10(2)17-14(16(9)20)12(18)8-13(21-17)11-6-4-3-5-7-11/h3-8,19-20H,1-2H3. The molecule has 0 saturated heterocycles. The van der Waals surface area contributed by atoms with Crippen molar-refractivity contribution in [3.63, 3.8) is 0 Å². The third-order valence-electron chi connectivity index (χ3n) is 3.65. The van der Waals surface area contributed by atoms with Crippen LogP contribution in [0.25, 0.3) is 22.3 Å². The van der Waals surface area contributed by atoms with E-state index in [1.165, 1.54) is 6.07 Å². The van der Waals surface area contributed by atoms with Crippen molar-refractivity contribution in [2.75, 3.05) is 0 Å². The summed E-state index contributed by atoms with van der Waals surface area (Å²) in [5.74, 6) is 0.105. The molecule has 0 unspecified atom stereocenters.